The van der Waals surface area contributed by atoms with Crippen molar-refractivity contribution in [3.8, 4) is 0 Å². The summed E-state index contributed by atoms with van der Waals surface area (Å²) in [6, 6.07) is 16.4. The van der Waals surface area contributed by atoms with Gasteiger partial charge in [-0.3, -0.25) is 14.5 Å². The first-order valence-corrected chi connectivity index (χ1v) is 7.31. The topological polar surface area (TPSA) is 49.9 Å². The zero-order valence-electron chi connectivity index (χ0n) is 12.2. The number of amides is 2. The lowest BCUT2D eigenvalue weighted by Gasteiger charge is -2.28. The number of rotatable bonds is 3. The molecule has 1 saturated heterocycles. The van der Waals surface area contributed by atoms with Crippen molar-refractivity contribution < 1.29 is 14.3 Å². The summed E-state index contributed by atoms with van der Waals surface area (Å²) < 4.78 is 5.71. The maximum atomic E-state index is 12.6. The lowest BCUT2D eigenvalue weighted by atomic mass is 9.92. The monoisotopic (exact) mass is 293 g/mol. The molecule has 0 aliphatic carbocycles. The van der Waals surface area contributed by atoms with Crippen LogP contribution in [0.25, 0.3) is 0 Å². The van der Waals surface area contributed by atoms with Crippen LogP contribution in [0.4, 0.5) is 0 Å². The fraction of sp³-hybridized carbons (Fsp3) is 0.222. The molecule has 4 rings (SSSR count). The minimum absolute atomic E-state index is 0.237. The predicted octanol–water partition coefficient (Wildman–Crippen LogP) is 2.60. The molecule has 110 valence electrons. The third kappa shape index (κ3) is 1.67. The molecule has 0 bridgehead atoms. The summed E-state index contributed by atoms with van der Waals surface area (Å²) in [5, 5.41) is 0. The van der Waals surface area contributed by atoms with Gasteiger partial charge in [0.2, 0.25) is 0 Å². The molecule has 1 fully saturated rings. The molecule has 0 radical (unpaired) electrons. The Morgan fingerprint density at radius 2 is 1.45 bits per heavy atom. The van der Waals surface area contributed by atoms with E-state index in [0.717, 1.165) is 5.56 Å². The zero-order chi connectivity index (χ0) is 15.3. The van der Waals surface area contributed by atoms with Crippen molar-refractivity contribution in [1.29, 1.82) is 0 Å². The number of epoxide rings is 1. The van der Waals surface area contributed by atoms with Gasteiger partial charge < -0.3 is 4.74 Å². The van der Waals surface area contributed by atoms with Crippen molar-refractivity contribution in [1.82, 2.24) is 4.90 Å². The van der Waals surface area contributed by atoms with Gasteiger partial charge in [0.1, 0.15) is 5.60 Å². The Hall–Kier alpha value is -2.46. The van der Waals surface area contributed by atoms with Crippen molar-refractivity contribution in [3.05, 3.63) is 71.3 Å². The molecular weight excluding hydrogens is 278 g/mol. The molecule has 22 heavy (non-hydrogen) atoms. The Balaban J connectivity index is 1.72. The quantitative estimate of drug-likeness (QED) is 0.645. The molecule has 4 nitrogen and oxygen atoms in total. The second-order valence-electron chi connectivity index (χ2n) is 5.75. The molecule has 0 spiro atoms. The second kappa shape index (κ2) is 4.52. The zero-order valence-corrected chi connectivity index (χ0v) is 12.2. The lowest BCUT2D eigenvalue weighted by molar-refractivity contribution is 0.0504. The maximum Gasteiger partial charge on any atom is 0.261 e. The SMILES string of the molecule is CC(N1C(=O)c2ccccc2C1=O)C1(c2ccccc2)CO1. The van der Waals surface area contributed by atoms with Gasteiger partial charge in [-0.15, -0.1) is 0 Å². The average molecular weight is 293 g/mol. The van der Waals surface area contributed by atoms with E-state index in [-0.39, 0.29) is 17.9 Å². The fourth-order valence-corrected chi connectivity index (χ4v) is 3.22. The van der Waals surface area contributed by atoms with Crippen molar-refractivity contribution in [2.45, 2.75) is 18.6 Å². The average Bonchev–Trinajstić information content (AvgIpc) is 3.33. The highest BCUT2D eigenvalue weighted by Gasteiger charge is 2.56. The van der Waals surface area contributed by atoms with E-state index < -0.39 is 5.60 Å². The van der Waals surface area contributed by atoms with E-state index in [2.05, 4.69) is 0 Å². The third-order valence-electron chi connectivity index (χ3n) is 4.61. The van der Waals surface area contributed by atoms with Crippen molar-refractivity contribution >= 4 is 11.8 Å². The van der Waals surface area contributed by atoms with Gasteiger partial charge in [0.05, 0.1) is 23.8 Å². The summed E-state index contributed by atoms with van der Waals surface area (Å²) in [5.41, 5.74) is 1.37. The lowest BCUT2D eigenvalue weighted by Crippen LogP contribution is -2.45. The minimum atomic E-state index is -0.575. The molecule has 2 aliphatic rings. The number of nitrogens with zero attached hydrogens (tertiary/aromatic N) is 1. The van der Waals surface area contributed by atoms with Gasteiger partial charge in [0.15, 0.2) is 0 Å². The van der Waals surface area contributed by atoms with Crippen LogP contribution in [-0.2, 0) is 10.3 Å². The van der Waals surface area contributed by atoms with Gasteiger partial charge in [-0.05, 0) is 24.6 Å². The van der Waals surface area contributed by atoms with E-state index in [9.17, 15) is 9.59 Å². The smallest absolute Gasteiger partial charge is 0.261 e. The molecule has 2 heterocycles. The first-order chi connectivity index (χ1) is 10.6. The Kier molecular flexibility index (Phi) is 2.71. The maximum absolute atomic E-state index is 12.6. The number of benzene rings is 2. The normalized spacial score (nSPS) is 24.3. The van der Waals surface area contributed by atoms with Gasteiger partial charge in [-0.2, -0.15) is 0 Å². The van der Waals surface area contributed by atoms with Gasteiger partial charge in [-0.1, -0.05) is 42.5 Å². The van der Waals surface area contributed by atoms with Gasteiger partial charge in [0, 0.05) is 0 Å². The fourth-order valence-electron chi connectivity index (χ4n) is 3.22. The molecule has 0 saturated carbocycles. The highest BCUT2D eigenvalue weighted by molar-refractivity contribution is 6.21. The highest BCUT2D eigenvalue weighted by Crippen LogP contribution is 2.45. The van der Waals surface area contributed by atoms with Crippen LogP contribution in [-0.4, -0.2) is 29.4 Å². The standard InChI is InChI=1S/C18H15NO3/c1-12(18(11-22-18)13-7-3-2-4-8-13)19-16(20)14-9-5-6-10-15(14)17(19)21/h2-10,12H,11H2,1H3. The largest absolute Gasteiger partial charge is 0.362 e. The molecule has 2 aromatic carbocycles. The van der Waals surface area contributed by atoms with Crippen molar-refractivity contribution in [2.75, 3.05) is 6.61 Å². The van der Waals surface area contributed by atoms with Gasteiger partial charge in [0.25, 0.3) is 11.8 Å². The number of hydrogen-bond acceptors (Lipinski definition) is 3. The van der Waals surface area contributed by atoms with Crippen LogP contribution >= 0.6 is 0 Å². The van der Waals surface area contributed by atoms with Crippen LogP contribution in [0, 0.1) is 0 Å². The summed E-state index contributed by atoms with van der Waals surface area (Å²) in [7, 11) is 0. The molecule has 0 N–H and O–H groups in total. The minimum Gasteiger partial charge on any atom is -0.362 e. The van der Waals surface area contributed by atoms with Crippen molar-refractivity contribution in [2.24, 2.45) is 0 Å². The van der Waals surface area contributed by atoms with E-state index in [0.29, 0.717) is 17.7 Å². The van der Waals surface area contributed by atoms with Crippen LogP contribution in [0.1, 0.15) is 33.2 Å². The van der Waals surface area contributed by atoms with E-state index in [1.165, 1.54) is 4.90 Å². The van der Waals surface area contributed by atoms with Crippen LogP contribution in [0.15, 0.2) is 54.6 Å². The summed E-state index contributed by atoms with van der Waals surface area (Å²) in [4.78, 5) is 26.5. The van der Waals surface area contributed by atoms with E-state index in [4.69, 9.17) is 4.74 Å². The molecule has 2 amide bonds. The first kappa shape index (κ1) is 13.2. The molecule has 2 aromatic rings. The van der Waals surface area contributed by atoms with Gasteiger partial charge >= 0.3 is 0 Å². The van der Waals surface area contributed by atoms with Crippen LogP contribution < -0.4 is 0 Å². The number of carbonyl (C=O) groups excluding carboxylic acids is 2. The van der Waals surface area contributed by atoms with E-state index in [1.54, 1.807) is 24.3 Å². The molecule has 4 heteroatoms. The molecular formula is C18H15NO3. The molecule has 2 aliphatic heterocycles. The summed E-state index contributed by atoms with van der Waals surface area (Å²) >= 11 is 0. The Morgan fingerprint density at radius 1 is 0.955 bits per heavy atom. The molecule has 0 aromatic heterocycles. The van der Waals surface area contributed by atoms with Crippen molar-refractivity contribution in [3.63, 3.8) is 0 Å². The second-order valence-corrected chi connectivity index (χ2v) is 5.75. The number of ether oxygens (including phenoxy) is 1. The first-order valence-electron chi connectivity index (χ1n) is 7.31. The van der Waals surface area contributed by atoms with E-state index >= 15 is 0 Å². The van der Waals surface area contributed by atoms with Crippen LogP contribution in [0.5, 0.6) is 0 Å². The number of carbonyl (C=O) groups is 2. The number of imide groups is 1. The summed E-state index contributed by atoms with van der Waals surface area (Å²) in [6.45, 7) is 2.40. The van der Waals surface area contributed by atoms with Crippen LogP contribution in [0.2, 0.25) is 0 Å². The predicted molar refractivity (Wildman–Crippen MR) is 80.5 cm³/mol. The number of hydrogen-bond donors (Lipinski definition) is 0. The Morgan fingerprint density at radius 3 is 1.95 bits per heavy atom. The summed E-state index contributed by atoms with van der Waals surface area (Å²) in [5.74, 6) is -0.474. The molecule has 2 unspecified atom stereocenters. The molecule has 2 atom stereocenters. The Labute approximate surface area is 128 Å². The van der Waals surface area contributed by atoms with Crippen LogP contribution in [0.3, 0.4) is 0 Å². The third-order valence-corrected chi connectivity index (χ3v) is 4.61. The van der Waals surface area contributed by atoms with Gasteiger partial charge in [-0.25, -0.2) is 0 Å². The summed E-state index contributed by atoms with van der Waals surface area (Å²) in [6.07, 6.45) is 0. The highest BCUT2D eigenvalue weighted by atomic mass is 16.6. The Bertz CT molecular complexity index is 730. The number of fused-ring (bicyclic) bond motifs is 1. The van der Waals surface area contributed by atoms with E-state index in [1.807, 2.05) is 37.3 Å².